The lowest BCUT2D eigenvalue weighted by atomic mass is 10.2. The first-order valence-electron chi connectivity index (χ1n) is 5.58. The zero-order chi connectivity index (χ0) is 13.4. The molecule has 0 saturated heterocycles. The number of carbonyl (C=O) groups is 1. The lowest BCUT2D eigenvalue weighted by Crippen LogP contribution is -2.14. The molecule has 1 amide bonds. The molecule has 7 heteroatoms. The van der Waals surface area contributed by atoms with E-state index in [1.165, 1.54) is 11.0 Å². The molecule has 3 N–H and O–H groups in total. The highest BCUT2D eigenvalue weighted by atomic mass is 16.3. The van der Waals surface area contributed by atoms with E-state index >= 15 is 0 Å². The first kappa shape index (κ1) is 11.3. The number of fused-ring (bicyclic) bond motifs is 1. The van der Waals surface area contributed by atoms with Gasteiger partial charge in [-0.3, -0.25) is 10.1 Å². The zero-order valence-corrected chi connectivity index (χ0v) is 10.1. The summed E-state index contributed by atoms with van der Waals surface area (Å²) in [6.07, 6.45) is 1.36. The van der Waals surface area contributed by atoms with Crippen molar-refractivity contribution in [3.8, 4) is 0 Å². The summed E-state index contributed by atoms with van der Waals surface area (Å²) < 4.78 is 6.91. The third-order valence-electron chi connectivity index (χ3n) is 2.70. The van der Waals surface area contributed by atoms with Gasteiger partial charge in [0.25, 0.3) is 5.91 Å². The van der Waals surface area contributed by atoms with Crippen molar-refractivity contribution in [1.29, 1.82) is 0 Å². The standard InChI is InChI=1S/C12H11N5O2/c1-17-12(14-6-15-17)16-11(18)10-5-7-4-8(13)2-3-9(7)19-10/h2-6H,13H2,1H3,(H,14,15,16,18). The van der Waals surface area contributed by atoms with Crippen molar-refractivity contribution >= 4 is 28.5 Å². The number of nitrogen functional groups attached to an aromatic ring is 1. The maximum absolute atomic E-state index is 12.0. The maximum atomic E-state index is 12.0. The van der Waals surface area contributed by atoms with Crippen LogP contribution in [0.2, 0.25) is 0 Å². The summed E-state index contributed by atoms with van der Waals surface area (Å²) in [7, 11) is 1.68. The Balaban J connectivity index is 1.91. The van der Waals surface area contributed by atoms with E-state index in [1.807, 2.05) is 0 Å². The van der Waals surface area contributed by atoms with Crippen LogP contribution in [0.25, 0.3) is 11.0 Å². The molecule has 0 radical (unpaired) electrons. The van der Waals surface area contributed by atoms with Gasteiger partial charge in [0.15, 0.2) is 5.76 Å². The van der Waals surface area contributed by atoms with Crippen LogP contribution in [-0.2, 0) is 7.05 Å². The molecule has 2 aromatic heterocycles. The lowest BCUT2D eigenvalue weighted by molar-refractivity contribution is 0.0997. The molecule has 0 atom stereocenters. The molecule has 2 heterocycles. The number of hydrogen-bond donors (Lipinski definition) is 2. The molecule has 0 spiro atoms. The van der Waals surface area contributed by atoms with Crippen molar-refractivity contribution in [2.24, 2.45) is 7.05 Å². The van der Waals surface area contributed by atoms with Crippen LogP contribution in [0, 0.1) is 0 Å². The number of nitrogens with one attached hydrogen (secondary N) is 1. The minimum Gasteiger partial charge on any atom is -0.451 e. The first-order valence-corrected chi connectivity index (χ1v) is 5.58. The van der Waals surface area contributed by atoms with Crippen LogP contribution in [0.4, 0.5) is 11.6 Å². The molecule has 0 bridgehead atoms. The molecular formula is C12H11N5O2. The molecule has 0 aliphatic carbocycles. The number of aromatic nitrogens is 3. The Morgan fingerprint density at radius 1 is 1.42 bits per heavy atom. The Kier molecular flexibility index (Phi) is 2.45. The average molecular weight is 257 g/mol. The normalized spacial score (nSPS) is 10.8. The summed E-state index contributed by atoms with van der Waals surface area (Å²) >= 11 is 0. The van der Waals surface area contributed by atoms with Crippen LogP contribution in [0.5, 0.6) is 0 Å². The lowest BCUT2D eigenvalue weighted by Gasteiger charge is -2.00. The summed E-state index contributed by atoms with van der Waals surface area (Å²) in [4.78, 5) is 15.9. The van der Waals surface area contributed by atoms with Gasteiger partial charge in [0.1, 0.15) is 11.9 Å². The number of aryl methyl sites for hydroxylation is 1. The van der Waals surface area contributed by atoms with Gasteiger partial charge in [-0.1, -0.05) is 0 Å². The SMILES string of the molecule is Cn1ncnc1NC(=O)c1cc2cc(N)ccc2o1. The fourth-order valence-corrected chi connectivity index (χ4v) is 1.75. The predicted molar refractivity (Wildman–Crippen MR) is 69.6 cm³/mol. The molecule has 0 aliphatic heterocycles. The number of amides is 1. The van der Waals surface area contributed by atoms with Crippen LogP contribution in [0.1, 0.15) is 10.6 Å². The van der Waals surface area contributed by atoms with Gasteiger partial charge in [-0.25, -0.2) is 4.68 Å². The third kappa shape index (κ3) is 2.01. The fraction of sp³-hybridized carbons (Fsp3) is 0.0833. The monoisotopic (exact) mass is 257 g/mol. The summed E-state index contributed by atoms with van der Waals surface area (Å²) in [5, 5.41) is 7.25. The smallest absolute Gasteiger partial charge is 0.293 e. The van der Waals surface area contributed by atoms with Crippen LogP contribution in [0.15, 0.2) is 35.0 Å². The molecule has 19 heavy (non-hydrogen) atoms. The number of nitrogens with two attached hydrogens (primary N) is 1. The van der Waals surface area contributed by atoms with Crippen LogP contribution in [-0.4, -0.2) is 20.7 Å². The molecule has 0 fully saturated rings. The molecule has 7 nitrogen and oxygen atoms in total. The van der Waals surface area contributed by atoms with E-state index in [4.69, 9.17) is 10.2 Å². The van der Waals surface area contributed by atoms with E-state index < -0.39 is 0 Å². The second-order valence-electron chi connectivity index (χ2n) is 4.07. The van der Waals surface area contributed by atoms with Gasteiger partial charge in [-0.05, 0) is 24.3 Å². The summed E-state index contributed by atoms with van der Waals surface area (Å²) in [6.45, 7) is 0. The van der Waals surface area contributed by atoms with Gasteiger partial charge in [-0.15, -0.1) is 0 Å². The maximum Gasteiger partial charge on any atom is 0.293 e. The highest BCUT2D eigenvalue weighted by Gasteiger charge is 2.14. The van der Waals surface area contributed by atoms with Crippen LogP contribution >= 0.6 is 0 Å². The van der Waals surface area contributed by atoms with Crippen molar-refractivity contribution in [3.05, 3.63) is 36.4 Å². The second-order valence-corrected chi connectivity index (χ2v) is 4.07. The third-order valence-corrected chi connectivity index (χ3v) is 2.70. The fourth-order valence-electron chi connectivity index (χ4n) is 1.75. The first-order chi connectivity index (χ1) is 9.13. The van der Waals surface area contributed by atoms with Gasteiger partial charge in [0.2, 0.25) is 5.95 Å². The molecule has 3 aromatic rings. The van der Waals surface area contributed by atoms with E-state index in [0.29, 0.717) is 17.2 Å². The number of carbonyl (C=O) groups excluding carboxylic acids is 1. The van der Waals surface area contributed by atoms with Crippen molar-refractivity contribution in [3.63, 3.8) is 0 Å². The van der Waals surface area contributed by atoms with Crippen molar-refractivity contribution in [2.75, 3.05) is 11.1 Å². The molecular weight excluding hydrogens is 246 g/mol. The van der Waals surface area contributed by atoms with Gasteiger partial charge in [0.05, 0.1) is 0 Å². The Bertz CT molecular complexity index is 758. The molecule has 0 saturated carbocycles. The summed E-state index contributed by atoms with van der Waals surface area (Å²) in [5.41, 5.74) is 6.90. The Morgan fingerprint density at radius 2 is 2.26 bits per heavy atom. The van der Waals surface area contributed by atoms with E-state index in [0.717, 1.165) is 5.39 Å². The van der Waals surface area contributed by atoms with Crippen molar-refractivity contribution < 1.29 is 9.21 Å². The number of furan rings is 1. The largest absolute Gasteiger partial charge is 0.451 e. The molecule has 0 unspecified atom stereocenters. The van der Waals surface area contributed by atoms with E-state index in [2.05, 4.69) is 15.4 Å². The molecule has 3 rings (SSSR count). The second kappa shape index (κ2) is 4.13. The van der Waals surface area contributed by atoms with Crippen molar-refractivity contribution in [1.82, 2.24) is 14.8 Å². The van der Waals surface area contributed by atoms with E-state index in [-0.39, 0.29) is 11.7 Å². The predicted octanol–water partition coefficient (Wildman–Crippen LogP) is 1.40. The van der Waals surface area contributed by atoms with Gasteiger partial charge < -0.3 is 10.2 Å². The Hall–Kier alpha value is -2.83. The van der Waals surface area contributed by atoms with Gasteiger partial charge in [-0.2, -0.15) is 10.1 Å². The highest BCUT2D eigenvalue weighted by molar-refractivity contribution is 6.04. The number of nitrogens with zero attached hydrogens (tertiary/aromatic N) is 3. The number of anilines is 2. The topological polar surface area (TPSA) is 99.0 Å². The Morgan fingerprint density at radius 3 is 3.00 bits per heavy atom. The molecule has 96 valence electrons. The van der Waals surface area contributed by atoms with Crippen LogP contribution < -0.4 is 11.1 Å². The van der Waals surface area contributed by atoms with Gasteiger partial charge >= 0.3 is 0 Å². The van der Waals surface area contributed by atoms with E-state index in [1.54, 1.807) is 31.3 Å². The average Bonchev–Trinajstić information content (AvgIpc) is 2.96. The Labute approximate surface area is 108 Å². The number of benzene rings is 1. The number of rotatable bonds is 2. The molecule has 1 aromatic carbocycles. The van der Waals surface area contributed by atoms with Crippen LogP contribution in [0.3, 0.4) is 0 Å². The summed E-state index contributed by atoms with van der Waals surface area (Å²) in [6, 6.07) is 6.83. The number of hydrogen-bond acceptors (Lipinski definition) is 5. The van der Waals surface area contributed by atoms with Gasteiger partial charge in [0, 0.05) is 18.1 Å². The highest BCUT2D eigenvalue weighted by Crippen LogP contribution is 2.22. The summed E-state index contributed by atoms with van der Waals surface area (Å²) in [5.74, 6) is 0.166. The van der Waals surface area contributed by atoms with Crippen molar-refractivity contribution in [2.45, 2.75) is 0 Å². The molecule has 0 aliphatic rings. The van der Waals surface area contributed by atoms with E-state index in [9.17, 15) is 4.79 Å². The minimum atomic E-state index is -0.383. The quantitative estimate of drug-likeness (QED) is 0.676. The minimum absolute atomic E-state index is 0.198. The zero-order valence-electron chi connectivity index (χ0n) is 10.1.